The number of hydrogen-bond donors (Lipinski definition) is 1. The maximum Gasteiger partial charge on any atom is 0.298 e. The van der Waals surface area contributed by atoms with E-state index in [9.17, 15) is 9.59 Å². The lowest BCUT2D eigenvalue weighted by atomic mass is 10.1. The summed E-state index contributed by atoms with van der Waals surface area (Å²) >= 11 is 0. The summed E-state index contributed by atoms with van der Waals surface area (Å²) in [6, 6.07) is 13.4. The van der Waals surface area contributed by atoms with Crippen LogP contribution in [0.2, 0.25) is 0 Å². The van der Waals surface area contributed by atoms with Gasteiger partial charge in [-0.15, -0.1) is 0 Å². The molecule has 2 fully saturated rings. The number of hydrogen-bond acceptors (Lipinski definition) is 7. The van der Waals surface area contributed by atoms with Crippen molar-refractivity contribution in [1.29, 1.82) is 0 Å². The minimum absolute atomic E-state index is 0.0302. The van der Waals surface area contributed by atoms with E-state index in [2.05, 4.69) is 19.9 Å². The minimum atomic E-state index is -0.150. The molecule has 4 heterocycles. The summed E-state index contributed by atoms with van der Waals surface area (Å²) in [6.45, 7) is 4.19. The molecule has 4 aromatic rings. The number of oxazole rings is 1. The van der Waals surface area contributed by atoms with Crippen molar-refractivity contribution in [3.63, 3.8) is 0 Å². The fourth-order valence-electron chi connectivity index (χ4n) is 4.79. The predicted octanol–water partition coefficient (Wildman–Crippen LogP) is 3.02. The van der Waals surface area contributed by atoms with E-state index >= 15 is 0 Å². The molecule has 2 aliphatic heterocycles. The highest BCUT2D eigenvalue weighted by Crippen LogP contribution is 2.26. The Labute approximate surface area is 196 Å². The molecule has 0 unspecified atom stereocenters. The van der Waals surface area contributed by atoms with Crippen LogP contribution in [0.15, 0.2) is 51.7 Å². The first-order valence-corrected chi connectivity index (χ1v) is 11.8. The maximum atomic E-state index is 13.2. The number of piperazine rings is 1. The summed E-state index contributed by atoms with van der Waals surface area (Å²) in [7, 11) is 0. The average Bonchev–Trinajstić information content (AvgIpc) is 3.32. The first kappa shape index (κ1) is 20.7. The van der Waals surface area contributed by atoms with Crippen LogP contribution in [-0.2, 0) is 0 Å². The number of amides is 1. The Balaban J connectivity index is 1.16. The quantitative estimate of drug-likeness (QED) is 0.504. The lowest BCUT2D eigenvalue weighted by molar-refractivity contribution is 0.0746. The Bertz CT molecular complexity index is 1410. The van der Waals surface area contributed by atoms with Crippen molar-refractivity contribution in [3.05, 3.63) is 58.4 Å². The largest absolute Gasteiger partial charge is 0.423 e. The first-order chi connectivity index (χ1) is 16.7. The van der Waals surface area contributed by atoms with E-state index in [1.54, 1.807) is 12.1 Å². The van der Waals surface area contributed by atoms with Crippen molar-refractivity contribution in [2.45, 2.75) is 19.3 Å². The van der Waals surface area contributed by atoms with Gasteiger partial charge in [0.1, 0.15) is 5.52 Å². The molecule has 2 aromatic carbocycles. The number of anilines is 2. The summed E-state index contributed by atoms with van der Waals surface area (Å²) in [5, 5.41) is 0.575. The van der Waals surface area contributed by atoms with Gasteiger partial charge in [0.25, 0.3) is 17.5 Å². The number of nitrogens with zero attached hydrogens (tertiary/aromatic N) is 5. The first-order valence-electron chi connectivity index (χ1n) is 11.8. The van der Waals surface area contributed by atoms with E-state index in [0.717, 1.165) is 31.4 Å². The number of fused-ring (bicyclic) bond motifs is 2. The second-order valence-corrected chi connectivity index (χ2v) is 8.91. The van der Waals surface area contributed by atoms with Gasteiger partial charge in [-0.05, 0) is 49.6 Å². The van der Waals surface area contributed by atoms with Crippen LogP contribution >= 0.6 is 0 Å². The van der Waals surface area contributed by atoms with Crippen LogP contribution in [0.5, 0.6) is 0 Å². The Morgan fingerprint density at radius 2 is 1.65 bits per heavy atom. The molecule has 2 aliphatic rings. The van der Waals surface area contributed by atoms with Crippen molar-refractivity contribution >= 4 is 39.9 Å². The maximum absolute atomic E-state index is 13.2. The van der Waals surface area contributed by atoms with Crippen LogP contribution in [0.1, 0.15) is 29.6 Å². The second-order valence-electron chi connectivity index (χ2n) is 8.91. The van der Waals surface area contributed by atoms with Gasteiger partial charge in [0.2, 0.25) is 5.95 Å². The van der Waals surface area contributed by atoms with Crippen LogP contribution in [0.3, 0.4) is 0 Å². The molecule has 0 bridgehead atoms. The molecular weight excluding hydrogens is 432 g/mol. The van der Waals surface area contributed by atoms with Crippen molar-refractivity contribution < 1.29 is 9.21 Å². The topological polar surface area (TPSA) is 98.6 Å². The standard InChI is InChI=1S/C25H26N6O3/c32-22-18-6-2-3-7-19(18)26-24(28-22)30-14-12-29(13-15-30)23(33)17-8-9-20-21(16-17)34-25(27-20)31-10-4-1-5-11-31/h2-3,6-9,16H,1,4-5,10-15H2,(H,26,28,32). The SMILES string of the molecule is O=C(c1ccc2nc(N3CCCCC3)oc2c1)N1CCN(c2nc3ccccc3c(=O)[nH]2)CC1. The zero-order valence-corrected chi connectivity index (χ0v) is 18.9. The van der Waals surface area contributed by atoms with Gasteiger partial charge in [-0.2, -0.15) is 4.98 Å². The van der Waals surface area contributed by atoms with E-state index in [-0.39, 0.29) is 11.5 Å². The number of piperidine rings is 1. The van der Waals surface area contributed by atoms with E-state index in [0.29, 0.717) is 60.2 Å². The molecule has 2 saturated heterocycles. The highest BCUT2D eigenvalue weighted by molar-refractivity contribution is 5.97. The van der Waals surface area contributed by atoms with Crippen molar-refractivity contribution in [1.82, 2.24) is 19.9 Å². The zero-order chi connectivity index (χ0) is 23.1. The van der Waals surface area contributed by atoms with Gasteiger partial charge < -0.3 is 19.1 Å². The highest BCUT2D eigenvalue weighted by Gasteiger charge is 2.25. The van der Waals surface area contributed by atoms with Crippen LogP contribution < -0.4 is 15.4 Å². The molecule has 0 spiro atoms. The Hall–Kier alpha value is -3.88. The van der Waals surface area contributed by atoms with Crippen molar-refractivity contribution in [2.24, 2.45) is 0 Å². The van der Waals surface area contributed by atoms with E-state index in [4.69, 9.17) is 4.42 Å². The molecule has 9 heteroatoms. The summed E-state index contributed by atoms with van der Waals surface area (Å²) < 4.78 is 6.00. The number of para-hydroxylation sites is 1. The summed E-state index contributed by atoms with van der Waals surface area (Å²) in [4.78, 5) is 43.7. The van der Waals surface area contributed by atoms with Gasteiger partial charge in [0.05, 0.1) is 10.9 Å². The fourth-order valence-corrected chi connectivity index (χ4v) is 4.79. The number of aromatic nitrogens is 3. The lowest BCUT2D eigenvalue weighted by Gasteiger charge is -2.35. The van der Waals surface area contributed by atoms with Gasteiger partial charge in [0.15, 0.2) is 5.58 Å². The average molecular weight is 459 g/mol. The number of rotatable bonds is 3. The van der Waals surface area contributed by atoms with Gasteiger partial charge >= 0.3 is 0 Å². The van der Waals surface area contributed by atoms with Crippen molar-refractivity contribution in [3.8, 4) is 0 Å². The van der Waals surface area contributed by atoms with Gasteiger partial charge in [-0.3, -0.25) is 14.6 Å². The molecule has 1 N–H and O–H groups in total. The van der Waals surface area contributed by atoms with Crippen LogP contribution in [0, 0.1) is 0 Å². The fraction of sp³-hybridized carbons (Fsp3) is 0.360. The van der Waals surface area contributed by atoms with Gasteiger partial charge in [-0.25, -0.2) is 4.98 Å². The summed E-state index contributed by atoms with van der Waals surface area (Å²) in [6.07, 6.45) is 3.55. The number of nitrogens with one attached hydrogen (secondary N) is 1. The molecule has 0 atom stereocenters. The molecule has 9 nitrogen and oxygen atoms in total. The van der Waals surface area contributed by atoms with Gasteiger partial charge in [-0.1, -0.05) is 12.1 Å². The number of H-pyrrole nitrogens is 1. The molecule has 34 heavy (non-hydrogen) atoms. The summed E-state index contributed by atoms with van der Waals surface area (Å²) in [5.41, 5.74) is 2.53. The predicted molar refractivity (Wildman–Crippen MR) is 131 cm³/mol. The Morgan fingerprint density at radius 3 is 2.47 bits per heavy atom. The molecular formula is C25H26N6O3. The van der Waals surface area contributed by atoms with Gasteiger partial charge in [0, 0.05) is 44.8 Å². The van der Waals surface area contributed by atoms with Crippen LogP contribution in [0.4, 0.5) is 12.0 Å². The minimum Gasteiger partial charge on any atom is -0.423 e. The Morgan fingerprint density at radius 1 is 0.853 bits per heavy atom. The summed E-state index contributed by atoms with van der Waals surface area (Å²) in [5.74, 6) is 0.515. The van der Waals surface area contributed by atoms with Crippen LogP contribution in [0.25, 0.3) is 22.0 Å². The third-order valence-corrected chi connectivity index (χ3v) is 6.72. The second kappa shape index (κ2) is 8.48. The van der Waals surface area contributed by atoms with E-state index in [1.807, 2.05) is 40.1 Å². The third-order valence-electron chi connectivity index (χ3n) is 6.72. The van der Waals surface area contributed by atoms with E-state index < -0.39 is 0 Å². The number of carbonyl (C=O) groups is 1. The molecule has 0 aliphatic carbocycles. The number of aromatic amines is 1. The number of benzene rings is 2. The highest BCUT2D eigenvalue weighted by atomic mass is 16.4. The smallest absolute Gasteiger partial charge is 0.298 e. The van der Waals surface area contributed by atoms with E-state index in [1.165, 1.54) is 6.42 Å². The lowest BCUT2D eigenvalue weighted by Crippen LogP contribution is -2.49. The molecule has 0 saturated carbocycles. The zero-order valence-electron chi connectivity index (χ0n) is 18.9. The monoisotopic (exact) mass is 458 g/mol. The normalized spacial score (nSPS) is 17.0. The Kier molecular flexibility index (Phi) is 5.16. The molecule has 0 radical (unpaired) electrons. The third kappa shape index (κ3) is 3.76. The molecule has 174 valence electrons. The van der Waals surface area contributed by atoms with Crippen molar-refractivity contribution in [2.75, 3.05) is 49.1 Å². The molecule has 2 aromatic heterocycles. The molecule has 1 amide bonds. The number of carbonyl (C=O) groups excluding carboxylic acids is 1. The molecule has 6 rings (SSSR count). The van der Waals surface area contributed by atoms with Crippen LogP contribution in [-0.4, -0.2) is 65.0 Å².